The Hall–Kier alpha value is -3.02. The summed E-state index contributed by atoms with van der Waals surface area (Å²) in [6.45, 7) is -0.0605. The molecule has 0 spiro atoms. The topological polar surface area (TPSA) is 84.9 Å². The molecule has 0 aliphatic rings. The standard InChI is InChI=1S/C20H22N2O5S/c1-22(2)20(23)16-9-7-15(8-10-16)6-5-13-21-28(24,25)17-11-12-18(26-3)19(14-17)27-4/h7-12,14,21H,13H2,1-4H3. The summed E-state index contributed by atoms with van der Waals surface area (Å²) in [5, 5.41) is 0. The third-order valence-corrected chi connectivity index (χ3v) is 5.19. The van der Waals surface area contributed by atoms with Gasteiger partial charge in [-0.2, -0.15) is 4.72 Å². The number of methoxy groups -OCH3 is 2. The van der Waals surface area contributed by atoms with E-state index in [1.165, 1.54) is 37.3 Å². The quantitative estimate of drug-likeness (QED) is 0.744. The molecular formula is C20H22N2O5S. The van der Waals surface area contributed by atoms with Crippen molar-refractivity contribution in [3.8, 4) is 23.3 Å². The minimum absolute atomic E-state index is 0.0542. The second kappa shape index (κ2) is 9.26. The van der Waals surface area contributed by atoms with Gasteiger partial charge in [-0.25, -0.2) is 8.42 Å². The highest BCUT2D eigenvalue weighted by molar-refractivity contribution is 7.89. The van der Waals surface area contributed by atoms with Crippen LogP contribution in [0, 0.1) is 11.8 Å². The zero-order chi connectivity index (χ0) is 20.7. The first kappa shape index (κ1) is 21.3. The first-order valence-electron chi connectivity index (χ1n) is 8.30. The van der Waals surface area contributed by atoms with E-state index in [0.29, 0.717) is 22.6 Å². The number of nitrogens with one attached hydrogen (secondary N) is 1. The number of hydrogen-bond donors (Lipinski definition) is 1. The summed E-state index contributed by atoms with van der Waals surface area (Å²) in [5.41, 5.74) is 1.24. The van der Waals surface area contributed by atoms with Gasteiger partial charge in [-0.15, -0.1) is 0 Å². The molecule has 2 rings (SSSR count). The Bertz CT molecular complexity index is 1000. The molecule has 8 heteroatoms. The average Bonchev–Trinajstić information content (AvgIpc) is 2.70. The predicted octanol–water partition coefficient (Wildman–Crippen LogP) is 1.74. The molecule has 0 saturated carbocycles. The average molecular weight is 402 g/mol. The normalized spacial score (nSPS) is 10.6. The number of nitrogens with zero attached hydrogens (tertiary/aromatic N) is 1. The van der Waals surface area contributed by atoms with Gasteiger partial charge in [0, 0.05) is 31.3 Å². The van der Waals surface area contributed by atoms with Crippen molar-refractivity contribution in [1.29, 1.82) is 0 Å². The maximum absolute atomic E-state index is 12.4. The molecule has 0 heterocycles. The van der Waals surface area contributed by atoms with E-state index < -0.39 is 10.0 Å². The molecule has 0 fully saturated rings. The van der Waals surface area contributed by atoms with E-state index in [1.54, 1.807) is 38.4 Å². The van der Waals surface area contributed by atoms with Crippen LogP contribution >= 0.6 is 0 Å². The van der Waals surface area contributed by atoms with E-state index in [-0.39, 0.29) is 17.3 Å². The number of carbonyl (C=O) groups is 1. The zero-order valence-corrected chi connectivity index (χ0v) is 17.0. The second-order valence-electron chi connectivity index (χ2n) is 5.92. The molecule has 0 aliphatic heterocycles. The summed E-state index contributed by atoms with van der Waals surface area (Å²) in [6.07, 6.45) is 0. The van der Waals surface area contributed by atoms with E-state index in [1.807, 2.05) is 0 Å². The maximum atomic E-state index is 12.4. The number of amides is 1. The number of benzene rings is 2. The van der Waals surface area contributed by atoms with E-state index in [4.69, 9.17) is 9.47 Å². The molecule has 0 aromatic heterocycles. The summed E-state index contributed by atoms with van der Waals surface area (Å²) in [5.74, 6) is 6.29. The number of rotatable bonds is 6. The SMILES string of the molecule is COc1ccc(S(=O)(=O)NCC#Cc2ccc(C(=O)N(C)C)cc2)cc1OC. The summed E-state index contributed by atoms with van der Waals surface area (Å²) in [4.78, 5) is 13.4. The van der Waals surface area contributed by atoms with E-state index in [2.05, 4.69) is 16.6 Å². The van der Waals surface area contributed by atoms with E-state index in [0.717, 1.165) is 0 Å². The Kier molecular flexibility index (Phi) is 7.04. The first-order chi connectivity index (χ1) is 13.3. The maximum Gasteiger partial charge on any atom is 0.253 e. The van der Waals surface area contributed by atoms with Crippen molar-refractivity contribution in [2.75, 3.05) is 34.9 Å². The molecule has 0 radical (unpaired) electrons. The van der Waals surface area contributed by atoms with Crippen LogP contribution in [-0.4, -0.2) is 54.1 Å². The van der Waals surface area contributed by atoms with Crippen LogP contribution in [0.15, 0.2) is 47.4 Å². The van der Waals surface area contributed by atoms with Crippen LogP contribution in [0.3, 0.4) is 0 Å². The lowest BCUT2D eigenvalue weighted by Crippen LogP contribution is -2.24. The summed E-state index contributed by atoms with van der Waals surface area (Å²) in [6, 6.07) is 11.1. The lowest BCUT2D eigenvalue weighted by atomic mass is 10.1. The Balaban J connectivity index is 2.04. The summed E-state index contributed by atoms with van der Waals surface area (Å²) in [7, 11) is 2.53. The highest BCUT2D eigenvalue weighted by Crippen LogP contribution is 2.29. The zero-order valence-electron chi connectivity index (χ0n) is 16.1. The van der Waals surface area contributed by atoms with Gasteiger partial charge in [-0.05, 0) is 36.4 Å². The monoisotopic (exact) mass is 402 g/mol. The van der Waals surface area contributed by atoms with E-state index in [9.17, 15) is 13.2 Å². The van der Waals surface area contributed by atoms with Crippen molar-refractivity contribution in [2.24, 2.45) is 0 Å². The number of sulfonamides is 1. The van der Waals surface area contributed by atoms with Crippen molar-refractivity contribution >= 4 is 15.9 Å². The fraction of sp³-hybridized carbons (Fsp3) is 0.250. The number of carbonyl (C=O) groups excluding carboxylic acids is 1. The molecule has 0 aliphatic carbocycles. The highest BCUT2D eigenvalue weighted by atomic mass is 32.2. The highest BCUT2D eigenvalue weighted by Gasteiger charge is 2.16. The summed E-state index contributed by atoms with van der Waals surface area (Å²) < 4.78 is 37.4. The fourth-order valence-electron chi connectivity index (χ4n) is 2.30. The minimum atomic E-state index is -3.74. The molecule has 2 aromatic rings. The van der Waals surface area contributed by atoms with Crippen LogP contribution in [0.1, 0.15) is 15.9 Å². The van der Waals surface area contributed by atoms with Gasteiger partial charge in [-0.1, -0.05) is 11.8 Å². The van der Waals surface area contributed by atoms with Gasteiger partial charge in [0.2, 0.25) is 10.0 Å². The van der Waals surface area contributed by atoms with Crippen LogP contribution in [0.25, 0.3) is 0 Å². The van der Waals surface area contributed by atoms with Gasteiger partial charge in [0.05, 0.1) is 25.7 Å². The third-order valence-electron chi connectivity index (χ3n) is 3.79. The lowest BCUT2D eigenvalue weighted by Gasteiger charge is -2.10. The largest absolute Gasteiger partial charge is 0.493 e. The molecule has 148 valence electrons. The molecule has 1 amide bonds. The second-order valence-corrected chi connectivity index (χ2v) is 7.69. The van der Waals surface area contributed by atoms with E-state index >= 15 is 0 Å². The van der Waals surface area contributed by atoms with Gasteiger partial charge in [0.1, 0.15) is 0 Å². The Morgan fingerprint density at radius 2 is 1.68 bits per heavy atom. The van der Waals surface area contributed by atoms with Gasteiger partial charge in [-0.3, -0.25) is 4.79 Å². The fourth-order valence-corrected chi connectivity index (χ4v) is 3.24. The molecule has 0 atom stereocenters. The molecule has 0 saturated heterocycles. The minimum Gasteiger partial charge on any atom is -0.493 e. The lowest BCUT2D eigenvalue weighted by molar-refractivity contribution is 0.0827. The van der Waals surface area contributed by atoms with Crippen LogP contribution in [0.5, 0.6) is 11.5 Å². The first-order valence-corrected chi connectivity index (χ1v) is 9.79. The third kappa shape index (κ3) is 5.25. The molecule has 28 heavy (non-hydrogen) atoms. The molecule has 7 nitrogen and oxygen atoms in total. The van der Waals surface area contributed by atoms with Crippen molar-refractivity contribution < 1.29 is 22.7 Å². The van der Waals surface area contributed by atoms with Crippen LogP contribution in [0.2, 0.25) is 0 Å². The van der Waals surface area contributed by atoms with Gasteiger partial charge >= 0.3 is 0 Å². The van der Waals surface area contributed by atoms with Crippen LogP contribution < -0.4 is 14.2 Å². The van der Waals surface area contributed by atoms with Gasteiger partial charge in [0.25, 0.3) is 5.91 Å². The molecule has 2 aromatic carbocycles. The molecular weight excluding hydrogens is 380 g/mol. The van der Waals surface area contributed by atoms with Crippen molar-refractivity contribution in [2.45, 2.75) is 4.90 Å². The number of ether oxygens (including phenoxy) is 2. The predicted molar refractivity (Wildman–Crippen MR) is 106 cm³/mol. The van der Waals surface area contributed by atoms with Gasteiger partial charge in [0.15, 0.2) is 11.5 Å². The van der Waals surface area contributed by atoms with Crippen molar-refractivity contribution in [3.05, 3.63) is 53.6 Å². The Morgan fingerprint density at radius 1 is 1.04 bits per heavy atom. The molecule has 0 bridgehead atoms. The Morgan fingerprint density at radius 3 is 2.25 bits per heavy atom. The van der Waals surface area contributed by atoms with Crippen LogP contribution in [-0.2, 0) is 10.0 Å². The van der Waals surface area contributed by atoms with Crippen LogP contribution in [0.4, 0.5) is 0 Å². The summed E-state index contributed by atoms with van der Waals surface area (Å²) >= 11 is 0. The van der Waals surface area contributed by atoms with Crippen molar-refractivity contribution in [3.63, 3.8) is 0 Å². The van der Waals surface area contributed by atoms with Crippen molar-refractivity contribution in [1.82, 2.24) is 9.62 Å². The molecule has 1 N–H and O–H groups in total. The smallest absolute Gasteiger partial charge is 0.253 e. The molecule has 0 unspecified atom stereocenters. The van der Waals surface area contributed by atoms with Gasteiger partial charge < -0.3 is 14.4 Å². The Labute approximate surface area is 165 Å². The number of hydrogen-bond acceptors (Lipinski definition) is 5.